The van der Waals surface area contributed by atoms with Gasteiger partial charge in [-0.05, 0) is 18.5 Å². The zero-order valence-corrected chi connectivity index (χ0v) is 4.09. The first-order valence-electron chi connectivity index (χ1n) is 1.68. The van der Waals surface area contributed by atoms with Crippen molar-refractivity contribution < 1.29 is 4.55 Å². The third-order valence-corrected chi connectivity index (χ3v) is 0.886. The zero-order valence-electron chi connectivity index (χ0n) is 3.27. The SMILES string of the molecule is CCCSO. The smallest absolute Gasteiger partial charge is 0.0192 e. The van der Waals surface area contributed by atoms with Crippen molar-refractivity contribution in [1.82, 2.24) is 0 Å². The van der Waals surface area contributed by atoms with Gasteiger partial charge in [-0.3, -0.25) is 0 Å². The van der Waals surface area contributed by atoms with Crippen molar-refractivity contribution >= 4 is 12.0 Å². The van der Waals surface area contributed by atoms with Gasteiger partial charge in [-0.1, -0.05) is 6.92 Å². The predicted octanol–water partition coefficient (Wildman–Crippen LogP) is 1.60. The van der Waals surface area contributed by atoms with Crippen molar-refractivity contribution in [3.63, 3.8) is 0 Å². The Bertz CT molecular complexity index is 14.4. The largest absolute Gasteiger partial charge is 0.330 e. The van der Waals surface area contributed by atoms with Gasteiger partial charge in [0.25, 0.3) is 0 Å². The van der Waals surface area contributed by atoms with Crippen LogP contribution in [0.25, 0.3) is 0 Å². The van der Waals surface area contributed by atoms with Crippen molar-refractivity contribution in [2.24, 2.45) is 0 Å². The summed E-state index contributed by atoms with van der Waals surface area (Å²) in [5.74, 6) is 0.861. The third kappa shape index (κ3) is 4.31. The Balaban J connectivity index is 2.19. The number of hydrogen-bond donors (Lipinski definition) is 1. The summed E-state index contributed by atoms with van der Waals surface area (Å²) in [6.45, 7) is 2.03. The molecule has 0 rings (SSSR count). The first kappa shape index (κ1) is 5.31. The molecule has 0 aromatic carbocycles. The molecule has 0 aliphatic heterocycles. The monoisotopic (exact) mass is 92.0 g/mol. The second kappa shape index (κ2) is 4.31. The molecule has 0 radical (unpaired) electrons. The van der Waals surface area contributed by atoms with E-state index in [0.29, 0.717) is 0 Å². The van der Waals surface area contributed by atoms with Crippen molar-refractivity contribution in [3.8, 4) is 0 Å². The van der Waals surface area contributed by atoms with Gasteiger partial charge in [-0.15, -0.1) is 0 Å². The Morgan fingerprint density at radius 3 is 2.40 bits per heavy atom. The van der Waals surface area contributed by atoms with E-state index >= 15 is 0 Å². The quantitative estimate of drug-likeness (QED) is 0.522. The van der Waals surface area contributed by atoms with Gasteiger partial charge in [0, 0.05) is 5.75 Å². The molecule has 0 fully saturated rings. The van der Waals surface area contributed by atoms with E-state index in [1.165, 1.54) is 0 Å². The normalized spacial score (nSPS) is 8.40. The molecular weight excluding hydrogens is 84.1 g/mol. The lowest BCUT2D eigenvalue weighted by atomic mass is 10.6. The van der Waals surface area contributed by atoms with Crippen LogP contribution in [-0.4, -0.2) is 10.3 Å². The van der Waals surface area contributed by atoms with Crippen LogP contribution in [-0.2, 0) is 0 Å². The summed E-state index contributed by atoms with van der Waals surface area (Å²) < 4.78 is 7.98. The summed E-state index contributed by atoms with van der Waals surface area (Å²) in [4.78, 5) is 0. The van der Waals surface area contributed by atoms with Gasteiger partial charge in [0.1, 0.15) is 0 Å². The van der Waals surface area contributed by atoms with E-state index in [9.17, 15) is 0 Å². The van der Waals surface area contributed by atoms with Gasteiger partial charge in [0.2, 0.25) is 0 Å². The fourth-order valence-electron chi connectivity index (χ4n) is 0.0913. The van der Waals surface area contributed by atoms with Crippen molar-refractivity contribution in [2.45, 2.75) is 13.3 Å². The van der Waals surface area contributed by atoms with Crippen molar-refractivity contribution in [2.75, 3.05) is 5.75 Å². The maximum atomic E-state index is 7.98. The molecule has 0 spiro atoms. The Morgan fingerprint density at radius 2 is 2.40 bits per heavy atom. The summed E-state index contributed by atoms with van der Waals surface area (Å²) in [5, 5.41) is 0. The molecule has 0 amide bonds. The molecule has 0 unspecified atom stereocenters. The molecule has 0 atom stereocenters. The summed E-state index contributed by atoms with van der Waals surface area (Å²) in [7, 11) is 0. The number of rotatable bonds is 2. The topological polar surface area (TPSA) is 20.2 Å². The van der Waals surface area contributed by atoms with Crippen LogP contribution < -0.4 is 0 Å². The molecule has 0 saturated carbocycles. The van der Waals surface area contributed by atoms with Crippen LogP contribution in [0.3, 0.4) is 0 Å². The molecule has 2 heteroatoms. The van der Waals surface area contributed by atoms with Gasteiger partial charge in [0.05, 0.1) is 0 Å². The zero-order chi connectivity index (χ0) is 4.12. The Morgan fingerprint density at radius 1 is 1.80 bits per heavy atom. The molecule has 0 aliphatic carbocycles. The second-order valence-corrected chi connectivity index (χ2v) is 1.50. The highest BCUT2D eigenvalue weighted by Crippen LogP contribution is 1.90. The van der Waals surface area contributed by atoms with Gasteiger partial charge < -0.3 is 4.55 Å². The first-order valence-corrected chi connectivity index (χ1v) is 2.62. The van der Waals surface area contributed by atoms with E-state index in [1.54, 1.807) is 0 Å². The average Bonchev–Trinajstić information content (AvgIpc) is 1.41. The summed E-state index contributed by atoms with van der Waals surface area (Å²) >= 11 is 0.902. The molecule has 0 saturated heterocycles. The lowest BCUT2D eigenvalue weighted by Gasteiger charge is -1.78. The maximum Gasteiger partial charge on any atom is 0.0192 e. The highest BCUT2D eigenvalue weighted by molar-refractivity contribution is 7.93. The van der Waals surface area contributed by atoms with E-state index in [2.05, 4.69) is 0 Å². The second-order valence-electron chi connectivity index (χ2n) is 0.833. The highest BCUT2D eigenvalue weighted by Gasteiger charge is 1.70. The van der Waals surface area contributed by atoms with Gasteiger partial charge in [-0.25, -0.2) is 0 Å². The molecule has 0 heterocycles. The van der Waals surface area contributed by atoms with Crippen LogP contribution in [0.5, 0.6) is 0 Å². The molecule has 1 nitrogen and oxygen atoms in total. The van der Waals surface area contributed by atoms with Crippen LogP contribution in [0, 0.1) is 0 Å². The minimum atomic E-state index is 0.861. The fourth-order valence-corrected chi connectivity index (χ4v) is 0.274. The first-order chi connectivity index (χ1) is 2.41. The minimum absolute atomic E-state index is 0.861. The Labute approximate surface area is 36.6 Å². The molecular formula is C3H8OS. The summed E-state index contributed by atoms with van der Waals surface area (Å²) in [6, 6.07) is 0. The maximum absolute atomic E-state index is 7.98. The van der Waals surface area contributed by atoms with Crippen LogP contribution in [0.15, 0.2) is 0 Å². The van der Waals surface area contributed by atoms with Crippen molar-refractivity contribution in [1.29, 1.82) is 0 Å². The van der Waals surface area contributed by atoms with Gasteiger partial charge >= 0.3 is 0 Å². The molecule has 0 bridgehead atoms. The number of hydrogen-bond acceptors (Lipinski definition) is 2. The van der Waals surface area contributed by atoms with Gasteiger partial charge in [0.15, 0.2) is 0 Å². The Hall–Kier alpha value is 0.310. The van der Waals surface area contributed by atoms with E-state index in [1.807, 2.05) is 6.92 Å². The average molecular weight is 92.2 g/mol. The lowest BCUT2D eigenvalue weighted by Crippen LogP contribution is -1.65. The van der Waals surface area contributed by atoms with E-state index < -0.39 is 0 Å². The van der Waals surface area contributed by atoms with Crippen LogP contribution in [0.1, 0.15) is 13.3 Å². The molecule has 1 N–H and O–H groups in total. The predicted molar refractivity (Wildman–Crippen MR) is 25.4 cm³/mol. The van der Waals surface area contributed by atoms with E-state index in [4.69, 9.17) is 4.55 Å². The molecule has 0 aromatic heterocycles. The molecule has 5 heavy (non-hydrogen) atoms. The fraction of sp³-hybridized carbons (Fsp3) is 1.00. The summed E-state index contributed by atoms with van der Waals surface area (Å²) in [6.07, 6.45) is 1.06. The van der Waals surface area contributed by atoms with Gasteiger partial charge in [-0.2, -0.15) is 0 Å². The van der Waals surface area contributed by atoms with E-state index in [0.717, 1.165) is 24.2 Å². The molecule has 0 aromatic rings. The van der Waals surface area contributed by atoms with E-state index in [-0.39, 0.29) is 0 Å². The van der Waals surface area contributed by atoms with Crippen LogP contribution in [0.4, 0.5) is 0 Å². The standard InChI is InChI=1S/C3H8OS/c1-2-3-5-4/h4H,2-3H2,1H3. The van der Waals surface area contributed by atoms with Crippen molar-refractivity contribution in [3.05, 3.63) is 0 Å². The minimum Gasteiger partial charge on any atom is -0.330 e. The highest BCUT2D eigenvalue weighted by atomic mass is 32.2. The molecule has 32 valence electrons. The summed E-state index contributed by atoms with van der Waals surface area (Å²) in [5.41, 5.74) is 0. The van der Waals surface area contributed by atoms with Crippen LogP contribution >= 0.6 is 12.0 Å². The lowest BCUT2D eigenvalue weighted by molar-refractivity contribution is 0.662. The molecule has 0 aliphatic rings. The Kier molecular flexibility index (Phi) is 4.58. The van der Waals surface area contributed by atoms with Crippen LogP contribution in [0.2, 0.25) is 0 Å². The third-order valence-electron chi connectivity index (χ3n) is 0.295.